The van der Waals surface area contributed by atoms with Gasteiger partial charge in [-0.3, -0.25) is 5.10 Å². The highest BCUT2D eigenvalue weighted by molar-refractivity contribution is 7.80. The number of benzene rings is 3. The molecule has 0 fully saturated rings. The summed E-state index contributed by atoms with van der Waals surface area (Å²) in [5, 5.41) is 18.9. The minimum atomic E-state index is -1.81. The van der Waals surface area contributed by atoms with Gasteiger partial charge < -0.3 is 14.8 Å². The number of nitrogens with zero attached hydrogens (tertiary/aromatic N) is 3. The molecule has 0 aliphatic heterocycles. The zero-order valence-corrected chi connectivity index (χ0v) is 20.9. The Morgan fingerprint density at radius 1 is 1.08 bits per heavy atom. The van der Waals surface area contributed by atoms with E-state index >= 15 is 0 Å². The predicted molar refractivity (Wildman–Crippen MR) is 142 cm³/mol. The number of aromatic amines is 1. The average molecular weight is 531 g/mol. The first-order valence-electron chi connectivity index (χ1n) is 11.0. The SMILES string of the molecule is Cc1ccccc1NC(=O)Nc1ccc(Cl)cc1-c1nc2c(C#N)c(OS(=O)c3ccccc3)cn2[nH]1. The lowest BCUT2D eigenvalue weighted by Crippen LogP contribution is -2.20. The molecule has 0 saturated heterocycles. The summed E-state index contributed by atoms with van der Waals surface area (Å²) in [6.07, 6.45) is 1.49. The maximum Gasteiger partial charge on any atom is 0.323 e. The molecule has 9 nitrogen and oxygen atoms in total. The van der Waals surface area contributed by atoms with Crippen LogP contribution in [0.3, 0.4) is 0 Å². The summed E-state index contributed by atoms with van der Waals surface area (Å²) in [6, 6.07) is 22.7. The third-order valence-electron chi connectivity index (χ3n) is 5.48. The molecule has 0 aliphatic carbocycles. The highest BCUT2D eigenvalue weighted by Gasteiger charge is 2.21. The summed E-state index contributed by atoms with van der Waals surface area (Å²) in [5.41, 5.74) is 2.95. The Morgan fingerprint density at radius 3 is 2.57 bits per heavy atom. The predicted octanol–water partition coefficient (Wildman–Crippen LogP) is 5.91. The third-order valence-corrected chi connectivity index (χ3v) is 6.70. The highest BCUT2D eigenvalue weighted by Crippen LogP contribution is 2.32. The number of aromatic nitrogens is 3. The Bertz CT molecular complexity index is 1690. The van der Waals surface area contributed by atoms with Crippen molar-refractivity contribution in [2.24, 2.45) is 0 Å². The summed E-state index contributed by atoms with van der Waals surface area (Å²) < 4.78 is 19.6. The van der Waals surface area contributed by atoms with E-state index in [4.69, 9.17) is 15.8 Å². The fraction of sp³-hybridized carbons (Fsp3) is 0.0385. The lowest BCUT2D eigenvalue weighted by molar-refractivity contribution is 0.262. The second-order valence-corrected chi connectivity index (χ2v) is 9.50. The highest BCUT2D eigenvalue weighted by atomic mass is 35.5. The van der Waals surface area contributed by atoms with E-state index < -0.39 is 17.1 Å². The quantitative estimate of drug-likeness (QED) is 0.252. The molecule has 184 valence electrons. The minimum Gasteiger partial charge on any atom is -0.394 e. The van der Waals surface area contributed by atoms with Crippen LogP contribution in [0, 0.1) is 18.3 Å². The van der Waals surface area contributed by atoms with E-state index in [9.17, 15) is 14.3 Å². The van der Waals surface area contributed by atoms with E-state index in [-0.39, 0.29) is 17.0 Å². The summed E-state index contributed by atoms with van der Waals surface area (Å²) in [5.74, 6) is 0.480. The minimum absolute atomic E-state index is 0.112. The van der Waals surface area contributed by atoms with Gasteiger partial charge in [0.05, 0.1) is 16.8 Å². The van der Waals surface area contributed by atoms with E-state index in [2.05, 4.69) is 26.8 Å². The number of para-hydroxylation sites is 1. The molecule has 0 radical (unpaired) electrons. The molecule has 1 atom stereocenters. The molecule has 2 amide bonds. The average Bonchev–Trinajstić information content (AvgIpc) is 3.44. The van der Waals surface area contributed by atoms with Gasteiger partial charge in [-0.05, 0) is 48.9 Å². The van der Waals surface area contributed by atoms with Gasteiger partial charge in [0.1, 0.15) is 11.6 Å². The molecule has 2 aromatic heterocycles. The molecule has 0 spiro atoms. The summed E-state index contributed by atoms with van der Waals surface area (Å²) in [4.78, 5) is 17.7. The van der Waals surface area contributed by atoms with Gasteiger partial charge >= 0.3 is 6.03 Å². The molecule has 5 rings (SSSR count). The van der Waals surface area contributed by atoms with E-state index in [0.717, 1.165) is 5.56 Å². The Labute approximate surface area is 219 Å². The van der Waals surface area contributed by atoms with Crippen LogP contribution in [-0.4, -0.2) is 24.8 Å². The van der Waals surface area contributed by atoms with Gasteiger partial charge in [-0.25, -0.2) is 18.5 Å². The van der Waals surface area contributed by atoms with Crippen LogP contribution < -0.4 is 14.8 Å². The van der Waals surface area contributed by atoms with Crippen LogP contribution in [-0.2, 0) is 11.1 Å². The number of nitrogens with one attached hydrogen (secondary N) is 3. The van der Waals surface area contributed by atoms with E-state index in [1.54, 1.807) is 48.5 Å². The number of carbonyl (C=O) groups excluding carboxylic acids is 1. The number of nitriles is 1. The number of aryl methyl sites for hydroxylation is 1. The Kier molecular flexibility index (Phi) is 6.64. The van der Waals surface area contributed by atoms with Crippen molar-refractivity contribution in [2.75, 3.05) is 10.6 Å². The van der Waals surface area contributed by atoms with Crippen molar-refractivity contribution in [3.05, 3.63) is 95.1 Å². The molecule has 5 aromatic rings. The van der Waals surface area contributed by atoms with Gasteiger partial charge in [-0.2, -0.15) is 5.26 Å². The topological polar surface area (TPSA) is 124 Å². The van der Waals surface area contributed by atoms with E-state index in [1.165, 1.54) is 10.7 Å². The van der Waals surface area contributed by atoms with Crippen molar-refractivity contribution in [3.63, 3.8) is 0 Å². The second-order valence-electron chi connectivity index (χ2n) is 7.96. The molecule has 3 N–H and O–H groups in total. The summed E-state index contributed by atoms with van der Waals surface area (Å²) in [6.45, 7) is 1.90. The van der Waals surface area contributed by atoms with Gasteiger partial charge in [0.15, 0.2) is 17.2 Å². The normalized spacial score (nSPS) is 11.6. The first-order valence-corrected chi connectivity index (χ1v) is 12.5. The molecule has 1 unspecified atom stereocenters. The van der Waals surface area contributed by atoms with Crippen LogP contribution in [0.25, 0.3) is 17.0 Å². The number of anilines is 2. The number of fused-ring (bicyclic) bond motifs is 1. The summed E-state index contributed by atoms with van der Waals surface area (Å²) >= 11 is 4.43. The zero-order valence-electron chi connectivity index (χ0n) is 19.4. The largest absolute Gasteiger partial charge is 0.394 e. The van der Waals surface area contributed by atoms with Crippen LogP contribution >= 0.6 is 11.6 Å². The van der Waals surface area contributed by atoms with Crippen molar-refractivity contribution in [1.29, 1.82) is 5.26 Å². The molecular weight excluding hydrogens is 512 g/mol. The second kappa shape index (κ2) is 10.2. The lowest BCUT2D eigenvalue weighted by atomic mass is 10.1. The standard InChI is InChI=1S/C26H19ClN6O3S/c1-16-7-5-6-10-21(16)29-26(34)30-22-12-11-17(27)13-19(22)24-31-25-20(14-28)23(15-33(25)32-24)36-37(35)18-8-3-2-4-9-18/h2-13,15H,1H3,(H,31,32)(H2,29,30,34). The van der Waals surface area contributed by atoms with Crippen molar-refractivity contribution >= 4 is 45.7 Å². The number of urea groups is 1. The van der Waals surface area contributed by atoms with Crippen LogP contribution in [0.15, 0.2) is 83.9 Å². The number of rotatable bonds is 6. The smallest absolute Gasteiger partial charge is 0.323 e. The molecule has 37 heavy (non-hydrogen) atoms. The monoisotopic (exact) mass is 530 g/mol. The number of amides is 2. The summed E-state index contributed by atoms with van der Waals surface area (Å²) in [7, 11) is 0. The fourth-order valence-corrected chi connectivity index (χ4v) is 4.61. The Hall–Kier alpha value is -4.59. The van der Waals surface area contributed by atoms with Gasteiger partial charge in [0, 0.05) is 16.3 Å². The van der Waals surface area contributed by atoms with Crippen LogP contribution in [0.5, 0.6) is 5.75 Å². The number of hydrogen-bond donors (Lipinski definition) is 3. The lowest BCUT2D eigenvalue weighted by Gasteiger charge is -2.12. The first kappa shape index (κ1) is 24.1. The van der Waals surface area contributed by atoms with Gasteiger partial charge in [0.2, 0.25) is 11.1 Å². The molecule has 11 heteroatoms. The van der Waals surface area contributed by atoms with Gasteiger partial charge in [0.25, 0.3) is 0 Å². The maximum atomic E-state index is 12.7. The van der Waals surface area contributed by atoms with Crippen molar-refractivity contribution < 1.29 is 13.2 Å². The van der Waals surface area contributed by atoms with Gasteiger partial charge in [-0.1, -0.05) is 48.0 Å². The van der Waals surface area contributed by atoms with Crippen molar-refractivity contribution in [2.45, 2.75) is 11.8 Å². The number of H-pyrrole nitrogens is 1. The van der Waals surface area contributed by atoms with E-state index in [1.807, 2.05) is 31.2 Å². The molecule has 3 aromatic carbocycles. The van der Waals surface area contributed by atoms with Crippen LogP contribution in [0.4, 0.5) is 16.2 Å². The zero-order chi connectivity index (χ0) is 25.9. The Balaban J connectivity index is 1.44. The number of halogens is 1. The van der Waals surface area contributed by atoms with Crippen LogP contribution in [0.1, 0.15) is 11.1 Å². The third kappa shape index (κ3) is 5.04. The molecule has 0 saturated carbocycles. The Morgan fingerprint density at radius 2 is 1.81 bits per heavy atom. The molecule has 0 aliphatic rings. The number of carbonyl (C=O) groups is 1. The van der Waals surface area contributed by atoms with Crippen molar-refractivity contribution in [3.8, 4) is 23.2 Å². The van der Waals surface area contributed by atoms with Gasteiger partial charge in [-0.15, -0.1) is 0 Å². The van der Waals surface area contributed by atoms with Crippen LogP contribution in [0.2, 0.25) is 5.02 Å². The van der Waals surface area contributed by atoms with Crippen molar-refractivity contribution in [1.82, 2.24) is 14.6 Å². The maximum absolute atomic E-state index is 12.7. The van der Waals surface area contributed by atoms with E-state index in [0.29, 0.717) is 32.7 Å². The molecule has 2 heterocycles. The number of hydrogen-bond acceptors (Lipinski definition) is 5. The first-order chi connectivity index (χ1) is 17.9. The molecular formula is C26H19ClN6O3S. The molecule has 0 bridgehead atoms. The fourth-order valence-electron chi connectivity index (χ4n) is 3.67.